The monoisotopic (exact) mass is 1120 g/mol. The van der Waals surface area contributed by atoms with Gasteiger partial charge >= 0.3 is 11.9 Å². The van der Waals surface area contributed by atoms with E-state index >= 15 is 0 Å². The first-order valence-electron chi connectivity index (χ1n) is 29.3. The van der Waals surface area contributed by atoms with E-state index < -0.39 is 19.5 Å². The standard InChI is InChI=1S/C37H47NO4Si.C34H39NO4/c1-9-37(10-2,33-13-14-34(28(4)22-33)31-23-29(25-38-26-31)24-35(39)40-5)32-12-11-30(27(3)21-32)15-16-36(42-43(6,7)8)17-19-41-20-18-36;1-6-34(7-2,29-9-8-27(24(3)18-29)12-13-33(37)14-16-39-17-15-33)30-10-11-31(25(4)19-30)28-20-26(22-35-23-28)21-32(36)38-5/h11-14,21-23,25-26H,9-10,17-20,24H2,1-8H3;8-11,18-20,22-23,37H,6-7,14-17,21H2,1-5H3. The van der Waals surface area contributed by atoms with E-state index in [-0.39, 0.29) is 35.6 Å². The summed E-state index contributed by atoms with van der Waals surface area (Å²) in [6.07, 6.45) is 14.2. The summed E-state index contributed by atoms with van der Waals surface area (Å²) in [7, 11) is 1.04. The lowest BCUT2D eigenvalue weighted by molar-refractivity contribution is -0.140. The van der Waals surface area contributed by atoms with Crippen LogP contribution in [0.3, 0.4) is 0 Å². The molecule has 2 saturated heterocycles. The van der Waals surface area contributed by atoms with E-state index in [1.54, 1.807) is 12.4 Å². The lowest BCUT2D eigenvalue weighted by atomic mass is 9.69. The molecule has 2 aromatic heterocycles. The number of methoxy groups -OCH3 is 2. The Morgan fingerprint density at radius 2 is 0.927 bits per heavy atom. The molecule has 0 unspecified atom stereocenters. The van der Waals surface area contributed by atoms with E-state index in [2.05, 4.69) is 181 Å². The highest BCUT2D eigenvalue weighted by Crippen LogP contribution is 2.43. The first kappa shape index (κ1) is 62.9. The van der Waals surface area contributed by atoms with Crippen LogP contribution in [0, 0.1) is 51.4 Å². The molecule has 2 fully saturated rings. The second-order valence-corrected chi connectivity index (χ2v) is 27.8. The van der Waals surface area contributed by atoms with E-state index in [1.165, 1.54) is 53.2 Å². The van der Waals surface area contributed by atoms with Gasteiger partial charge in [0.05, 0.1) is 53.5 Å². The van der Waals surface area contributed by atoms with Gasteiger partial charge in [-0.05, 0) is 164 Å². The Balaban J connectivity index is 0.000000237. The molecule has 11 heteroatoms. The molecule has 6 aromatic rings. The predicted octanol–water partition coefficient (Wildman–Crippen LogP) is 14.0. The number of benzene rings is 4. The van der Waals surface area contributed by atoms with Gasteiger partial charge in [0.2, 0.25) is 0 Å². The molecule has 0 spiro atoms. The minimum Gasteiger partial charge on any atom is -0.469 e. The van der Waals surface area contributed by atoms with E-state index in [0.29, 0.717) is 39.3 Å². The minimum absolute atomic E-state index is 0.117. The molecule has 0 radical (unpaired) electrons. The maximum absolute atomic E-state index is 11.8. The van der Waals surface area contributed by atoms with Gasteiger partial charge in [-0.1, -0.05) is 112 Å². The number of esters is 2. The van der Waals surface area contributed by atoms with Gasteiger partial charge in [-0.2, -0.15) is 0 Å². The fraction of sp³-hybridized carbons (Fsp3) is 0.437. The van der Waals surface area contributed by atoms with Crippen molar-refractivity contribution in [2.75, 3.05) is 40.6 Å². The molecular formula is C71H86N2O8Si. The van der Waals surface area contributed by atoms with Crippen molar-refractivity contribution in [2.45, 2.75) is 161 Å². The van der Waals surface area contributed by atoms with Crippen molar-refractivity contribution >= 4 is 20.3 Å². The van der Waals surface area contributed by atoms with Gasteiger partial charge in [0.1, 0.15) is 11.2 Å². The molecule has 432 valence electrons. The third-order valence-corrected chi connectivity index (χ3v) is 17.9. The van der Waals surface area contributed by atoms with Crippen molar-refractivity contribution in [1.29, 1.82) is 0 Å². The van der Waals surface area contributed by atoms with Crippen LogP contribution < -0.4 is 0 Å². The van der Waals surface area contributed by atoms with Crippen LogP contribution in [0.25, 0.3) is 22.3 Å². The number of rotatable bonds is 16. The zero-order valence-corrected chi connectivity index (χ0v) is 52.0. The normalized spacial score (nSPS) is 14.9. The van der Waals surface area contributed by atoms with Crippen molar-refractivity contribution in [2.24, 2.45) is 0 Å². The molecule has 0 amide bonds. The Morgan fingerprint density at radius 3 is 1.29 bits per heavy atom. The van der Waals surface area contributed by atoms with Gasteiger partial charge in [-0.3, -0.25) is 19.6 Å². The third kappa shape index (κ3) is 15.1. The Morgan fingerprint density at radius 1 is 0.549 bits per heavy atom. The Kier molecular flexibility index (Phi) is 21.2. The van der Waals surface area contributed by atoms with Gasteiger partial charge < -0.3 is 28.5 Å². The molecule has 0 aliphatic carbocycles. The Hall–Kier alpha value is -6.70. The van der Waals surface area contributed by atoms with Gasteiger partial charge in [0, 0.05) is 83.6 Å². The highest BCUT2D eigenvalue weighted by atomic mass is 28.4. The van der Waals surface area contributed by atoms with E-state index in [4.69, 9.17) is 23.4 Å². The van der Waals surface area contributed by atoms with Crippen molar-refractivity contribution in [3.8, 4) is 45.9 Å². The molecule has 10 nitrogen and oxygen atoms in total. The minimum atomic E-state index is -1.77. The number of nitrogens with zero attached hydrogens (tertiary/aromatic N) is 2. The van der Waals surface area contributed by atoms with E-state index in [9.17, 15) is 14.7 Å². The number of pyridine rings is 2. The van der Waals surface area contributed by atoms with Crippen molar-refractivity contribution < 1.29 is 38.1 Å². The molecular weight excluding hydrogens is 1040 g/mol. The van der Waals surface area contributed by atoms with Crippen LogP contribution in [0.4, 0.5) is 0 Å². The summed E-state index contributed by atoms with van der Waals surface area (Å²) < 4.78 is 27.3. The molecule has 8 rings (SSSR count). The van der Waals surface area contributed by atoms with Crippen molar-refractivity contribution in [1.82, 2.24) is 9.97 Å². The number of carbonyl (C=O) groups excluding carboxylic acids is 2. The maximum atomic E-state index is 11.8. The SMILES string of the molecule is CCC(CC)(c1ccc(C#CC2(O)CCOCC2)c(C)c1)c1ccc(-c2cncc(CC(=O)OC)c2)c(C)c1.CCC(CC)(c1ccc(C#CC2(O[Si](C)(C)C)CCOCC2)c(C)c1)c1ccc(-c2cncc(CC(=O)OC)c2)c(C)c1. The van der Waals surface area contributed by atoms with E-state index in [0.717, 1.165) is 88.6 Å². The topological polar surface area (TPSA) is 126 Å². The van der Waals surface area contributed by atoms with Gasteiger partial charge in [0.15, 0.2) is 8.32 Å². The van der Waals surface area contributed by atoms with E-state index in [1.807, 2.05) is 24.5 Å². The number of carbonyl (C=O) groups is 2. The molecule has 2 aliphatic rings. The van der Waals surface area contributed by atoms with Gasteiger partial charge in [-0.25, -0.2) is 0 Å². The highest BCUT2D eigenvalue weighted by molar-refractivity contribution is 6.69. The molecule has 2 aliphatic heterocycles. The number of hydrogen-bond donors (Lipinski definition) is 1. The first-order valence-corrected chi connectivity index (χ1v) is 32.7. The fourth-order valence-electron chi connectivity index (χ4n) is 11.9. The largest absolute Gasteiger partial charge is 0.469 e. The maximum Gasteiger partial charge on any atom is 0.310 e. The van der Waals surface area contributed by atoms with Crippen LogP contribution in [0.5, 0.6) is 0 Å². The zero-order chi connectivity index (χ0) is 59.3. The van der Waals surface area contributed by atoms with Crippen LogP contribution in [0.2, 0.25) is 19.6 Å². The van der Waals surface area contributed by atoms with Crippen LogP contribution in [-0.2, 0) is 56.6 Å². The molecule has 0 bridgehead atoms. The summed E-state index contributed by atoms with van der Waals surface area (Å²) in [4.78, 5) is 32.3. The first-order chi connectivity index (χ1) is 39.2. The highest BCUT2D eigenvalue weighted by Gasteiger charge is 2.37. The average molecular weight is 1120 g/mol. The average Bonchev–Trinajstić information content (AvgIpc) is 3.66. The lowest BCUT2D eigenvalue weighted by Gasteiger charge is -2.38. The second kappa shape index (κ2) is 27.6. The summed E-state index contributed by atoms with van der Waals surface area (Å²) in [6, 6.07) is 30.8. The fourth-order valence-corrected chi connectivity index (χ4v) is 13.3. The number of ether oxygens (including phenoxy) is 4. The molecule has 1 N–H and O–H groups in total. The van der Waals surface area contributed by atoms with Crippen molar-refractivity contribution in [3.63, 3.8) is 0 Å². The van der Waals surface area contributed by atoms with Crippen LogP contribution >= 0.6 is 0 Å². The molecule has 4 heterocycles. The lowest BCUT2D eigenvalue weighted by Crippen LogP contribution is -2.45. The summed E-state index contributed by atoms with van der Waals surface area (Å²) in [5, 5.41) is 10.7. The molecule has 82 heavy (non-hydrogen) atoms. The zero-order valence-electron chi connectivity index (χ0n) is 51.0. The number of aliphatic hydroxyl groups is 1. The molecule has 4 aromatic carbocycles. The van der Waals surface area contributed by atoms with Crippen molar-refractivity contribution in [3.05, 3.63) is 176 Å². The smallest absolute Gasteiger partial charge is 0.310 e. The van der Waals surface area contributed by atoms with Crippen LogP contribution in [-0.4, -0.2) is 87.2 Å². The Labute approximate surface area is 490 Å². The molecule has 0 saturated carbocycles. The third-order valence-electron chi connectivity index (χ3n) is 16.9. The number of hydrogen-bond acceptors (Lipinski definition) is 10. The van der Waals surface area contributed by atoms with Crippen LogP contribution in [0.1, 0.15) is 146 Å². The summed E-state index contributed by atoms with van der Waals surface area (Å²) in [6.45, 7) is 26.8. The Bertz CT molecular complexity index is 3330. The van der Waals surface area contributed by atoms with Gasteiger partial charge in [-0.15, -0.1) is 0 Å². The number of aromatic nitrogens is 2. The summed E-state index contributed by atoms with van der Waals surface area (Å²) in [5.74, 6) is 12.9. The predicted molar refractivity (Wildman–Crippen MR) is 331 cm³/mol. The molecule has 0 atom stereocenters. The number of aryl methyl sites for hydroxylation is 4. The summed E-state index contributed by atoms with van der Waals surface area (Å²) >= 11 is 0. The quantitative estimate of drug-likeness (QED) is 0.0569. The van der Waals surface area contributed by atoms with Crippen LogP contribution in [0.15, 0.2) is 110 Å². The second-order valence-electron chi connectivity index (χ2n) is 23.3. The summed E-state index contributed by atoms with van der Waals surface area (Å²) in [5.41, 5.74) is 16.1. The van der Waals surface area contributed by atoms with Gasteiger partial charge in [0.25, 0.3) is 0 Å².